The number of nitrogens with one attached hydrogen (secondary N) is 1. The van der Waals surface area contributed by atoms with Crippen molar-refractivity contribution in [1.29, 1.82) is 5.26 Å². The fraction of sp³-hybridized carbons (Fsp3) is 0.0769. The first kappa shape index (κ1) is 12.6. The van der Waals surface area contributed by atoms with Gasteiger partial charge in [-0.15, -0.1) is 11.3 Å². The van der Waals surface area contributed by atoms with E-state index in [4.69, 9.17) is 16.9 Å². The van der Waals surface area contributed by atoms with E-state index in [-0.39, 0.29) is 5.91 Å². The molecule has 2 aromatic rings. The Kier molecular flexibility index (Phi) is 3.66. The van der Waals surface area contributed by atoms with Crippen LogP contribution in [-0.4, -0.2) is 5.91 Å². The number of carbonyl (C=O) groups excluding carboxylic acids is 1. The number of rotatable bonds is 2. The monoisotopic (exact) mass is 276 g/mol. The zero-order valence-corrected chi connectivity index (χ0v) is 11.1. The predicted octanol–water partition coefficient (Wildman–Crippen LogP) is 3.83. The number of amides is 1. The molecule has 2 rings (SSSR count). The standard InChI is InChI=1S/C13H9ClN2OS/c1-8-7-18-12(11(8)14)13(17)16-10-5-3-2-4-9(10)6-15/h2-5,7H,1H3,(H,16,17). The second kappa shape index (κ2) is 5.21. The summed E-state index contributed by atoms with van der Waals surface area (Å²) in [7, 11) is 0. The van der Waals surface area contributed by atoms with Crippen LogP contribution in [0.25, 0.3) is 0 Å². The third-order valence-corrected chi connectivity index (χ3v) is 4.10. The summed E-state index contributed by atoms with van der Waals surface area (Å²) in [6.07, 6.45) is 0. The molecule has 18 heavy (non-hydrogen) atoms. The lowest BCUT2D eigenvalue weighted by Crippen LogP contribution is -2.11. The number of carbonyl (C=O) groups is 1. The summed E-state index contributed by atoms with van der Waals surface area (Å²) >= 11 is 7.32. The highest BCUT2D eigenvalue weighted by Crippen LogP contribution is 2.28. The van der Waals surface area contributed by atoms with E-state index < -0.39 is 0 Å². The second-order valence-corrected chi connectivity index (χ2v) is 4.93. The van der Waals surface area contributed by atoms with Crippen molar-refractivity contribution in [3.8, 4) is 6.07 Å². The van der Waals surface area contributed by atoms with Crippen LogP contribution in [0, 0.1) is 18.3 Å². The highest BCUT2D eigenvalue weighted by Gasteiger charge is 2.15. The van der Waals surface area contributed by atoms with Crippen LogP contribution in [0.4, 0.5) is 5.69 Å². The summed E-state index contributed by atoms with van der Waals surface area (Å²) < 4.78 is 0. The van der Waals surface area contributed by atoms with Crippen LogP contribution in [0.1, 0.15) is 20.8 Å². The van der Waals surface area contributed by atoms with Gasteiger partial charge < -0.3 is 5.32 Å². The Bertz CT molecular complexity index is 643. The van der Waals surface area contributed by atoms with Crippen LogP contribution in [0.15, 0.2) is 29.6 Å². The number of nitriles is 1. The number of thiophene rings is 1. The van der Waals surface area contributed by atoms with Gasteiger partial charge in [0.1, 0.15) is 10.9 Å². The first-order valence-electron chi connectivity index (χ1n) is 5.17. The van der Waals surface area contributed by atoms with Gasteiger partial charge in [-0.2, -0.15) is 5.26 Å². The lowest BCUT2D eigenvalue weighted by Gasteiger charge is -2.05. The molecule has 0 aliphatic rings. The number of hydrogen-bond donors (Lipinski definition) is 1. The first-order chi connectivity index (χ1) is 8.63. The number of hydrogen-bond acceptors (Lipinski definition) is 3. The molecule has 0 radical (unpaired) electrons. The molecule has 0 bridgehead atoms. The van der Waals surface area contributed by atoms with Crippen molar-refractivity contribution in [3.63, 3.8) is 0 Å². The molecule has 0 aliphatic heterocycles. The molecule has 1 aromatic carbocycles. The summed E-state index contributed by atoms with van der Waals surface area (Å²) in [5.74, 6) is -0.291. The number of halogens is 1. The Morgan fingerprint density at radius 3 is 2.78 bits per heavy atom. The van der Waals surface area contributed by atoms with Crippen LogP contribution in [0.5, 0.6) is 0 Å². The summed E-state index contributed by atoms with van der Waals surface area (Å²) in [6, 6.07) is 8.87. The molecule has 0 aliphatic carbocycles. The average Bonchev–Trinajstić information content (AvgIpc) is 2.71. The fourth-order valence-corrected chi connectivity index (χ4v) is 2.63. The minimum Gasteiger partial charge on any atom is -0.320 e. The SMILES string of the molecule is Cc1csc(C(=O)Nc2ccccc2C#N)c1Cl. The molecule has 3 nitrogen and oxygen atoms in total. The molecule has 0 spiro atoms. The van der Waals surface area contributed by atoms with E-state index in [2.05, 4.69) is 5.32 Å². The van der Waals surface area contributed by atoms with Crippen molar-refractivity contribution < 1.29 is 4.79 Å². The maximum Gasteiger partial charge on any atom is 0.267 e. The number of aryl methyl sites for hydroxylation is 1. The van der Waals surface area contributed by atoms with Crippen molar-refractivity contribution in [3.05, 3.63) is 50.7 Å². The molecule has 0 atom stereocenters. The Morgan fingerprint density at radius 2 is 2.17 bits per heavy atom. The van der Waals surface area contributed by atoms with Crippen LogP contribution in [-0.2, 0) is 0 Å². The molecular formula is C13H9ClN2OS. The quantitative estimate of drug-likeness (QED) is 0.906. The van der Waals surface area contributed by atoms with E-state index >= 15 is 0 Å². The van der Waals surface area contributed by atoms with Gasteiger partial charge in [0.2, 0.25) is 0 Å². The lowest BCUT2D eigenvalue weighted by molar-refractivity contribution is 0.103. The summed E-state index contributed by atoms with van der Waals surface area (Å²) in [4.78, 5) is 12.5. The second-order valence-electron chi connectivity index (χ2n) is 3.67. The molecule has 0 saturated carbocycles. The molecule has 90 valence electrons. The molecule has 5 heteroatoms. The molecule has 1 heterocycles. The summed E-state index contributed by atoms with van der Waals surface area (Å²) in [5, 5.41) is 13.9. The number of benzene rings is 1. The zero-order valence-electron chi connectivity index (χ0n) is 9.53. The van der Waals surface area contributed by atoms with Crippen LogP contribution in [0.3, 0.4) is 0 Å². The highest BCUT2D eigenvalue weighted by atomic mass is 35.5. The Labute approximate surface area is 114 Å². The maximum atomic E-state index is 12.0. The summed E-state index contributed by atoms with van der Waals surface area (Å²) in [6.45, 7) is 1.85. The lowest BCUT2D eigenvalue weighted by atomic mass is 10.2. The van der Waals surface area contributed by atoms with E-state index in [0.29, 0.717) is 21.2 Å². The third kappa shape index (κ3) is 2.37. The molecule has 1 aromatic heterocycles. The van der Waals surface area contributed by atoms with Gasteiger partial charge in [0.15, 0.2) is 0 Å². The first-order valence-corrected chi connectivity index (χ1v) is 6.43. The Balaban J connectivity index is 2.28. The van der Waals surface area contributed by atoms with Crippen molar-refractivity contribution in [2.75, 3.05) is 5.32 Å². The molecule has 0 unspecified atom stereocenters. The largest absolute Gasteiger partial charge is 0.320 e. The minimum atomic E-state index is -0.291. The molecule has 0 saturated heterocycles. The number of anilines is 1. The van der Waals surface area contributed by atoms with Gasteiger partial charge in [-0.05, 0) is 30.0 Å². The minimum absolute atomic E-state index is 0.291. The van der Waals surface area contributed by atoms with E-state index in [1.807, 2.05) is 18.4 Å². The van der Waals surface area contributed by atoms with Gasteiger partial charge in [0, 0.05) is 0 Å². The average molecular weight is 277 g/mol. The van der Waals surface area contributed by atoms with Gasteiger partial charge in [0.05, 0.1) is 16.3 Å². The number of nitrogens with zero attached hydrogens (tertiary/aromatic N) is 1. The van der Waals surface area contributed by atoms with Gasteiger partial charge >= 0.3 is 0 Å². The molecule has 0 fully saturated rings. The zero-order chi connectivity index (χ0) is 13.1. The van der Waals surface area contributed by atoms with Crippen LogP contribution in [0.2, 0.25) is 5.02 Å². The van der Waals surface area contributed by atoms with Crippen molar-refractivity contribution in [2.24, 2.45) is 0 Å². The normalized spacial score (nSPS) is 9.83. The van der Waals surface area contributed by atoms with Crippen LogP contribution < -0.4 is 5.32 Å². The van der Waals surface area contributed by atoms with Gasteiger partial charge in [-0.3, -0.25) is 4.79 Å². The van der Waals surface area contributed by atoms with E-state index in [1.165, 1.54) is 11.3 Å². The molecule has 1 amide bonds. The Hall–Kier alpha value is -1.83. The predicted molar refractivity (Wildman–Crippen MR) is 73.2 cm³/mol. The van der Waals surface area contributed by atoms with Crippen molar-refractivity contribution in [1.82, 2.24) is 0 Å². The van der Waals surface area contributed by atoms with Gasteiger partial charge in [0.25, 0.3) is 5.91 Å². The topological polar surface area (TPSA) is 52.9 Å². The van der Waals surface area contributed by atoms with Gasteiger partial charge in [-0.1, -0.05) is 23.7 Å². The van der Waals surface area contributed by atoms with Gasteiger partial charge in [-0.25, -0.2) is 0 Å². The Morgan fingerprint density at radius 1 is 1.44 bits per heavy atom. The maximum absolute atomic E-state index is 12.0. The molecular weight excluding hydrogens is 268 g/mol. The molecule has 1 N–H and O–H groups in total. The third-order valence-electron chi connectivity index (χ3n) is 2.40. The van der Waals surface area contributed by atoms with Crippen LogP contribution >= 0.6 is 22.9 Å². The van der Waals surface area contributed by atoms with Crippen molar-refractivity contribution in [2.45, 2.75) is 6.92 Å². The van der Waals surface area contributed by atoms with Crippen molar-refractivity contribution >= 4 is 34.5 Å². The highest BCUT2D eigenvalue weighted by molar-refractivity contribution is 7.13. The smallest absolute Gasteiger partial charge is 0.267 e. The van der Waals surface area contributed by atoms with E-state index in [0.717, 1.165) is 5.56 Å². The van der Waals surface area contributed by atoms with E-state index in [9.17, 15) is 4.79 Å². The van der Waals surface area contributed by atoms with E-state index in [1.54, 1.807) is 24.3 Å². The fourth-order valence-electron chi connectivity index (χ4n) is 1.45. The summed E-state index contributed by atoms with van der Waals surface area (Å²) in [5.41, 5.74) is 1.79. The number of para-hydroxylation sites is 1.